The van der Waals surface area contributed by atoms with Crippen LogP contribution in [-0.2, 0) is 4.74 Å². The smallest absolute Gasteiger partial charge is 0.0584 e. The number of rotatable bonds is 6. The first-order valence-electron chi connectivity index (χ1n) is 4.40. The molecule has 0 amide bonds. The van der Waals surface area contributed by atoms with E-state index in [1.165, 1.54) is 6.42 Å². The Morgan fingerprint density at radius 1 is 1.36 bits per heavy atom. The highest BCUT2D eigenvalue weighted by molar-refractivity contribution is 4.84. The van der Waals surface area contributed by atoms with E-state index in [4.69, 9.17) is 11.2 Å². The standard InChI is InChI=1S/C10H18O/c1-4-7-9-10(8-5-2)11-6-3/h1,10H,5-9H2,2-3H3. The summed E-state index contributed by atoms with van der Waals surface area (Å²) in [7, 11) is 0. The van der Waals surface area contributed by atoms with E-state index in [0.717, 1.165) is 25.9 Å². The summed E-state index contributed by atoms with van der Waals surface area (Å²) in [5.74, 6) is 2.63. The zero-order valence-electron chi connectivity index (χ0n) is 7.60. The molecule has 0 saturated heterocycles. The van der Waals surface area contributed by atoms with Crippen molar-refractivity contribution in [3.05, 3.63) is 0 Å². The fourth-order valence-electron chi connectivity index (χ4n) is 1.11. The molecule has 0 N–H and O–H groups in total. The SMILES string of the molecule is C#CCCC(CCC)OCC. The second-order valence-electron chi connectivity index (χ2n) is 2.61. The second kappa shape index (κ2) is 7.63. The van der Waals surface area contributed by atoms with Gasteiger partial charge in [-0.25, -0.2) is 0 Å². The molecule has 1 unspecified atom stereocenters. The summed E-state index contributed by atoms with van der Waals surface area (Å²) in [6, 6.07) is 0. The molecule has 0 aliphatic heterocycles. The number of terminal acetylenes is 1. The number of ether oxygens (including phenoxy) is 1. The first kappa shape index (κ1) is 10.5. The van der Waals surface area contributed by atoms with E-state index in [1.807, 2.05) is 6.92 Å². The minimum absolute atomic E-state index is 0.390. The number of hydrogen-bond donors (Lipinski definition) is 0. The van der Waals surface area contributed by atoms with Crippen LogP contribution >= 0.6 is 0 Å². The van der Waals surface area contributed by atoms with Crippen molar-refractivity contribution in [1.82, 2.24) is 0 Å². The summed E-state index contributed by atoms with van der Waals surface area (Å²) in [4.78, 5) is 0. The topological polar surface area (TPSA) is 9.23 Å². The van der Waals surface area contributed by atoms with Crippen molar-refractivity contribution in [3.63, 3.8) is 0 Å². The van der Waals surface area contributed by atoms with Crippen LogP contribution in [0.4, 0.5) is 0 Å². The maximum absolute atomic E-state index is 5.49. The van der Waals surface area contributed by atoms with Gasteiger partial charge in [-0.2, -0.15) is 0 Å². The molecule has 1 nitrogen and oxygen atoms in total. The lowest BCUT2D eigenvalue weighted by atomic mass is 10.1. The Balaban J connectivity index is 3.44. The Kier molecular flexibility index (Phi) is 7.29. The van der Waals surface area contributed by atoms with Crippen LogP contribution in [0.5, 0.6) is 0 Å². The average Bonchev–Trinajstić information content (AvgIpc) is 2.01. The molecule has 1 heteroatoms. The molecule has 1 atom stereocenters. The van der Waals surface area contributed by atoms with Crippen LogP contribution in [0.2, 0.25) is 0 Å². The van der Waals surface area contributed by atoms with Gasteiger partial charge in [0.05, 0.1) is 6.10 Å². The largest absolute Gasteiger partial charge is 0.378 e. The highest BCUT2D eigenvalue weighted by Gasteiger charge is 2.04. The molecular weight excluding hydrogens is 136 g/mol. The lowest BCUT2D eigenvalue weighted by Crippen LogP contribution is -2.11. The van der Waals surface area contributed by atoms with Gasteiger partial charge >= 0.3 is 0 Å². The molecule has 0 radical (unpaired) electrons. The summed E-state index contributed by atoms with van der Waals surface area (Å²) in [6.07, 6.45) is 9.71. The van der Waals surface area contributed by atoms with Gasteiger partial charge in [-0.05, 0) is 19.8 Å². The summed E-state index contributed by atoms with van der Waals surface area (Å²) < 4.78 is 5.49. The van der Waals surface area contributed by atoms with Gasteiger partial charge in [0, 0.05) is 13.0 Å². The van der Waals surface area contributed by atoms with Crippen molar-refractivity contribution in [1.29, 1.82) is 0 Å². The quantitative estimate of drug-likeness (QED) is 0.534. The molecule has 0 aliphatic carbocycles. The van der Waals surface area contributed by atoms with Crippen molar-refractivity contribution < 1.29 is 4.74 Å². The van der Waals surface area contributed by atoms with E-state index >= 15 is 0 Å². The van der Waals surface area contributed by atoms with Crippen molar-refractivity contribution in [2.45, 2.75) is 45.6 Å². The number of hydrogen-bond acceptors (Lipinski definition) is 1. The fourth-order valence-corrected chi connectivity index (χ4v) is 1.11. The molecule has 0 saturated carbocycles. The van der Waals surface area contributed by atoms with E-state index in [1.54, 1.807) is 0 Å². The Labute approximate surface area is 70.1 Å². The van der Waals surface area contributed by atoms with E-state index in [9.17, 15) is 0 Å². The van der Waals surface area contributed by atoms with Gasteiger partial charge in [0.15, 0.2) is 0 Å². The third-order valence-electron chi connectivity index (χ3n) is 1.62. The van der Waals surface area contributed by atoms with Gasteiger partial charge in [-0.3, -0.25) is 0 Å². The molecule has 0 bridgehead atoms. The predicted octanol–water partition coefficient (Wildman–Crippen LogP) is 2.61. The van der Waals surface area contributed by atoms with Gasteiger partial charge in [0.2, 0.25) is 0 Å². The Bertz CT molecular complexity index is 107. The van der Waals surface area contributed by atoms with Crippen LogP contribution in [-0.4, -0.2) is 12.7 Å². The van der Waals surface area contributed by atoms with E-state index in [2.05, 4.69) is 12.8 Å². The van der Waals surface area contributed by atoms with E-state index in [0.29, 0.717) is 6.10 Å². The van der Waals surface area contributed by atoms with Crippen molar-refractivity contribution in [3.8, 4) is 12.3 Å². The first-order chi connectivity index (χ1) is 5.35. The molecular formula is C10H18O. The molecule has 0 spiro atoms. The van der Waals surface area contributed by atoms with Crippen molar-refractivity contribution in [2.24, 2.45) is 0 Å². The van der Waals surface area contributed by atoms with Gasteiger partial charge in [0.25, 0.3) is 0 Å². The minimum atomic E-state index is 0.390. The van der Waals surface area contributed by atoms with Crippen LogP contribution in [0.25, 0.3) is 0 Å². The summed E-state index contributed by atoms with van der Waals surface area (Å²) in [5.41, 5.74) is 0. The summed E-state index contributed by atoms with van der Waals surface area (Å²) >= 11 is 0. The Morgan fingerprint density at radius 2 is 2.09 bits per heavy atom. The molecule has 0 fully saturated rings. The van der Waals surface area contributed by atoms with Crippen molar-refractivity contribution in [2.75, 3.05) is 6.61 Å². The molecule has 64 valence electrons. The molecule has 0 rings (SSSR count). The van der Waals surface area contributed by atoms with Crippen LogP contribution in [0.1, 0.15) is 39.5 Å². The Hall–Kier alpha value is -0.480. The van der Waals surface area contributed by atoms with Gasteiger partial charge in [-0.15, -0.1) is 12.3 Å². The summed E-state index contributed by atoms with van der Waals surface area (Å²) in [6.45, 7) is 5.00. The third kappa shape index (κ3) is 5.94. The summed E-state index contributed by atoms with van der Waals surface area (Å²) in [5, 5.41) is 0. The molecule has 0 aromatic rings. The predicted molar refractivity (Wildman–Crippen MR) is 48.4 cm³/mol. The third-order valence-corrected chi connectivity index (χ3v) is 1.62. The molecule has 11 heavy (non-hydrogen) atoms. The van der Waals surface area contributed by atoms with Crippen LogP contribution in [0.3, 0.4) is 0 Å². The van der Waals surface area contributed by atoms with E-state index < -0.39 is 0 Å². The molecule has 0 aromatic heterocycles. The first-order valence-corrected chi connectivity index (χ1v) is 4.40. The maximum Gasteiger partial charge on any atom is 0.0584 e. The molecule has 0 aliphatic rings. The maximum atomic E-state index is 5.49. The monoisotopic (exact) mass is 154 g/mol. The van der Waals surface area contributed by atoms with Crippen LogP contribution in [0.15, 0.2) is 0 Å². The molecule has 0 aromatic carbocycles. The lowest BCUT2D eigenvalue weighted by molar-refractivity contribution is 0.0514. The van der Waals surface area contributed by atoms with Gasteiger partial charge < -0.3 is 4.74 Å². The lowest BCUT2D eigenvalue weighted by Gasteiger charge is -2.14. The van der Waals surface area contributed by atoms with Crippen LogP contribution in [0, 0.1) is 12.3 Å². The fraction of sp³-hybridized carbons (Fsp3) is 0.800. The second-order valence-corrected chi connectivity index (χ2v) is 2.61. The van der Waals surface area contributed by atoms with Gasteiger partial charge in [-0.1, -0.05) is 13.3 Å². The highest BCUT2D eigenvalue weighted by Crippen LogP contribution is 2.08. The zero-order valence-corrected chi connectivity index (χ0v) is 7.60. The minimum Gasteiger partial charge on any atom is -0.378 e. The van der Waals surface area contributed by atoms with Crippen LogP contribution < -0.4 is 0 Å². The molecule has 0 heterocycles. The Morgan fingerprint density at radius 3 is 2.55 bits per heavy atom. The van der Waals surface area contributed by atoms with Gasteiger partial charge in [0.1, 0.15) is 0 Å². The average molecular weight is 154 g/mol. The normalized spacial score (nSPS) is 12.5. The van der Waals surface area contributed by atoms with Crippen molar-refractivity contribution >= 4 is 0 Å². The van der Waals surface area contributed by atoms with E-state index in [-0.39, 0.29) is 0 Å². The zero-order chi connectivity index (χ0) is 8.53. The highest BCUT2D eigenvalue weighted by atomic mass is 16.5.